The van der Waals surface area contributed by atoms with Gasteiger partial charge in [0.15, 0.2) is 12.6 Å². The molecule has 0 bridgehead atoms. The van der Waals surface area contributed by atoms with E-state index in [1.54, 1.807) is 7.11 Å². The molecular weight excluding hydrogens is 741 g/mol. The van der Waals surface area contributed by atoms with Gasteiger partial charge in [-0.25, -0.2) is 0 Å². The summed E-state index contributed by atoms with van der Waals surface area (Å²) in [7, 11) is 1.61. The molecular formula is C47H50O11. The van der Waals surface area contributed by atoms with Gasteiger partial charge in [0.05, 0.1) is 39.6 Å². The van der Waals surface area contributed by atoms with E-state index in [1.165, 1.54) is 0 Å². The molecule has 58 heavy (non-hydrogen) atoms. The van der Waals surface area contributed by atoms with Crippen molar-refractivity contribution in [3.8, 4) is 11.5 Å². The maximum absolute atomic E-state index is 12.2. The molecule has 8 rings (SSSR count). The SMILES string of the molecule is COc1ccc(O[C@@H]2O[C@@H](C)[C@H](OCc3ccccc3)[C@@H](O[C@@H]3O[C@@H]4CO[C@@H](c5ccccc5)O[C@H]4[C@H](O)[C@H]3OCc3ccccc3)[C@H]2OCc2ccccc2)cc1. The highest BCUT2D eigenvalue weighted by Crippen LogP contribution is 2.39. The summed E-state index contributed by atoms with van der Waals surface area (Å²) in [4.78, 5) is 0. The molecule has 304 valence electrons. The monoisotopic (exact) mass is 790 g/mol. The molecule has 1 N–H and O–H groups in total. The van der Waals surface area contributed by atoms with Crippen molar-refractivity contribution in [3.63, 3.8) is 0 Å². The van der Waals surface area contributed by atoms with Crippen molar-refractivity contribution in [3.05, 3.63) is 168 Å². The summed E-state index contributed by atoms with van der Waals surface area (Å²) in [5, 5.41) is 12.2. The predicted molar refractivity (Wildman–Crippen MR) is 213 cm³/mol. The highest BCUT2D eigenvalue weighted by atomic mass is 16.8. The molecule has 0 spiro atoms. The molecule has 0 amide bonds. The molecule has 0 unspecified atom stereocenters. The summed E-state index contributed by atoms with van der Waals surface area (Å²) >= 11 is 0. The van der Waals surface area contributed by atoms with E-state index >= 15 is 0 Å². The van der Waals surface area contributed by atoms with E-state index in [2.05, 4.69) is 0 Å². The van der Waals surface area contributed by atoms with Crippen molar-refractivity contribution >= 4 is 0 Å². The Morgan fingerprint density at radius 3 is 1.64 bits per heavy atom. The van der Waals surface area contributed by atoms with Crippen molar-refractivity contribution in [1.82, 2.24) is 0 Å². The number of benzene rings is 5. The van der Waals surface area contributed by atoms with Crippen molar-refractivity contribution in [2.45, 2.75) is 94.4 Å². The summed E-state index contributed by atoms with van der Waals surface area (Å²) in [6.45, 7) is 2.78. The van der Waals surface area contributed by atoms with E-state index in [9.17, 15) is 5.11 Å². The second-order valence-corrected chi connectivity index (χ2v) is 14.6. The Bertz CT molecular complexity index is 1950. The molecule has 3 aliphatic rings. The van der Waals surface area contributed by atoms with Crippen molar-refractivity contribution in [2.75, 3.05) is 13.7 Å². The fraction of sp³-hybridized carbons (Fsp3) is 0.362. The van der Waals surface area contributed by atoms with E-state index in [0.29, 0.717) is 11.5 Å². The van der Waals surface area contributed by atoms with Crippen LogP contribution in [0.15, 0.2) is 146 Å². The Hall–Kier alpha value is -4.66. The standard InChI is InChI=1S/C47H50O11/c1-31-40(50-27-32-15-7-3-8-16-32)43(44(52-29-34-19-11-5-12-20-34)47(54-31)55-37-25-23-36(49-2)24-26-37)58-46-42(51-28-33-17-9-4-10-18-33)39(48)41-38(56-46)30-53-45(57-41)35-21-13-6-14-22-35/h3-26,31,38-48H,27-30H2,1-2H3/t31-,38+,39-,40-,41+,42+,43+,44+,45+,46-,47-/m0/s1. The van der Waals surface area contributed by atoms with Crippen LogP contribution in [-0.4, -0.2) is 80.2 Å². The van der Waals surface area contributed by atoms with Gasteiger partial charge in [-0.3, -0.25) is 0 Å². The van der Waals surface area contributed by atoms with Crippen LogP contribution in [0.3, 0.4) is 0 Å². The van der Waals surface area contributed by atoms with Crippen LogP contribution >= 0.6 is 0 Å². The third-order valence-electron chi connectivity index (χ3n) is 10.6. The van der Waals surface area contributed by atoms with Gasteiger partial charge in [-0.1, -0.05) is 121 Å². The van der Waals surface area contributed by atoms with Crippen LogP contribution in [0.4, 0.5) is 0 Å². The van der Waals surface area contributed by atoms with Gasteiger partial charge in [-0.15, -0.1) is 0 Å². The molecule has 3 heterocycles. The summed E-state index contributed by atoms with van der Waals surface area (Å²) in [5.74, 6) is 1.24. The minimum atomic E-state index is -1.15. The Morgan fingerprint density at radius 1 is 0.552 bits per heavy atom. The number of aliphatic hydroxyl groups is 1. The Balaban J connectivity index is 1.12. The van der Waals surface area contributed by atoms with Crippen LogP contribution in [0.1, 0.15) is 35.5 Å². The Kier molecular flexibility index (Phi) is 13.4. The highest BCUT2D eigenvalue weighted by Gasteiger charge is 2.55. The molecule has 3 saturated heterocycles. The van der Waals surface area contributed by atoms with E-state index in [-0.39, 0.29) is 26.4 Å². The van der Waals surface area contributed by atoms with Gasteiger partial charge in [-0.05, 0) is 47.9 Å². The largest absolute Gasteiger partial charge is 0.497 e. The molecule has 5 aromatic carbocycles. The summed E-state index contributed by atoms with van der Waals surface area (Å²) in [6.07, 6.45) is -9.23. The zero-order valence-electron chi connectivity index (χ0n) is 32.6. The highest BCUT2D eigenvalue weighted by molar-refractivity contribution is 5.31. The lowest BCUT2D eigenvalue weighted by molar-refractivity contribution is -0.390. The number of hydrogen-bond acceptors (Lipinski definition) is 11. The number of rotatable bonds is 15. The second kappa shape index (κ2) is 19.4. The first kappa shape index (κ1) is 40.1. The lowest BCUT2D eigenvalue weighted by atomic mass is 9.96. The van der Waals surface area contributed by atoms with Gasteiger partial charge in [0.1, 0.15) is 54.2 Å². The Labute approximate surface area is 339 Å². The molecule has 5 aromatic rings. The smallest absolute Gasteiger partial charge is 0.229 e. The number of aliphatic hydroxyl groups excluding tert-OH is 1. The van der Waals surface area contributed by atoms with Gasteiger partial charge >= 0.3 is 0 Å². The van der Waals surface area contributed by atoms with Gasteiger partial charge < -0.3 is 52.5 Å². The minimum absolute atomic E-state index is 0.155. The van der Waals surface area contributed by atoms with E-state index in [1.807, 2.05) is 153 Å². The van der Waals surface area contributed by atoms with E-state index in [0.717, 1.165) is 22.3 Å². The van der Waals surface area contributed by atoms with E-state index < -0.39 is 67.7 Å². The molecule has 0 aliphatic carbocycles. The minimum Gasteiger partial charge on any atom is -0.497 e. The molecule has 0 radical (unpaired) electrons. The first-order valence-corrected chi connectivity index (χ1v) is 19.8. The quantitative estimate of drug-likeness (QED) is 0.117. The molecule has 0 aromatic heterocycles. The molecule has 0 saturated carbocycles. The zero-order valence-corrected chi connectivity index (χ0v) is 32.6. The fourth-order valence-corrected chi connectivity index (χ4v) is 7.51. The number of hydrogen-bond donors (Lipinski definition) is 1. The van der Waals surface area contributed by atoms with Crippen LogP contribution in [-0.2, 0) is 57.7 Å². The topological polar surface area (TPSA) is 113 Å². The molecule has 11 heteroatoms. The lowest BCUT2D eigenvalue weighted by Gasteiger charge is -2.50. The third-order valence-corrected chi connectivity index (χ3v) is 10.6. The Morgan fingerprint density at radius 2 is 1.07 bits per heavy atom. The van der Waals surface area contributed by atoms with Crippen molar-refractivity contribution in [2.24, 2.45) is 0 Å². The lowest BCUT2D eigenvalue weighted by Crippen LogP contribution is -2.66. The first-order valence-electron chi connectivity index (χ1n) is 19.8. The van der Waals surface area contributed by atoms with Gasteiger partial charge in [-0.2, -0.15) is 0 Å². The predicted octanol–water partition coefficient (Wildman–Crippen LogP) is 7.16. The van der Waals surface area contributed by atoms with Gasteiger partial charge in [0.2, 0.25) is 6.29 Å². The molecule has 11 nitrogen and oxygen atoms in total. The number of methoxy groups -OCH3 is 1. The number of fused-ring (bicyclic) bond motifs is 1. The van der Waals surface area contributed by atoms with Crippen LogP contribution in [0, 0.1) is 0 Å². The number of ether oxygens (including phenoxy) is 10. The summed E-state index contributed by atoms with van der Waals surface area (Å²) in [5.41, 5.74) is 3.69. The maximum atomic E-state index is 12.2. The van der Waals surface area contributed by atoms with Gasteiger partial charge in [0.25, 0.3) is 0 Å². The normalized spacial score (nSPS) is 29.6. The van der Waals surface area contributed by atoms with Crippen molar-refractivity contribution in [1.29, 1.82) is 0 Å². The summed E-state index contributed by atoms with van der Waals surface area (Å²) < 4.78 is 64.9. The summed E-state index contributed by atoms with van der Waals surface area (Å²) in [6, 6.07) is 46.4. The average Bonchev–Trinajstić information content (AvgIpc) is 3.27. The molecule has 11 atom stereocenters. The van der Waals surface area contributed by atoms with Crippen molar-refractivity contribution < 1.29 is 52.5 Å². The third kappa shape index (κ3) is 9.78. The average molecular weight is 791 g/mol. The van der Waals surface area contributed by atoms with Gasteiger partial charge in [0, 0.05) is 5.56 Å². The van der Waals surface area contributed by atoms with E-state index in [4.69, 9.17) is 47.4 Å². The fourth-order valence-electron chi connectivity index (χ4n) is 7.51. The molecule has 3 fully saturated rings. The van der Waals surface area contributed by atoms with Crippen LogP contribution < -0.4 is 9.47 Å². The van der Waals surface area contributed by atoms with Crippen LogP contribution in [0.2, 0.25) is 0 Å². The first-order chi connectivity index (χ1) is 28.5. The van der Waals surface area contributed by atoms with Crippen LogP contribution in [0.25, 0.3) is 0 Å². The van der Waals surface area contributed by atoms with Crippen LogP contribution in [0.5, 0.6) is 11.5 Å². The zero-order chi connectivity index (χ0) is 39.7. The second-order valence-electron chi connectivity index (χ2n) is 14.6. The molecule has 3 aliphatic heterocycles. The maximum Gasteiger partial charge on any atom is 0.229 e.